The zero-order valence-electron chi connectivity index (χ0n) is 10.9. The smallest absolute Gasteiger partial charge is 0.222 e. The Balaban J connectivity index is 2.05. The van der Waals surface area contributed by atoms with Gasteiger partial charge >= 0.3 is 0 Å². The molecule has 0 aliphatic rings. The van der Waals surface area contributed by atoms with E-state index >= 15 is 0 Å². The van der Waals surface area contributed by atoms with Crippen LogP contribution in [-0.4, -0.2) is 9.97 Å². The van der Waals surface area contributed by atoms with Crippen LogP contribution in [0.2, 0.25) is 0 Å². The van der Waals surface area contributed by atoms with Gasteiger partial charge in [-0.05, 0) is 29.8 Å². The second-order valence-corrected chi connectivity index (χ2v) is 4.48. The predicted molar refractivity (Wildman–Crippen MR) is 81.6 cm³/mol. The molecule has 1 aromatic heterocycles. The molecule has 5 N–H and O–H groups in total. The first-order valence-electron chi connectivity index (χ1n) is 6.34. The third kappa shape index (κ3) is 2.39. The van der Waals surface area contributed by atoms with Crippen molar-refractivity contribution in [1.82, 2.24) is 9.97 Å². The van der Waals surface area contributed by atoms with Gasteiger partial charge in [-0.25, -0.2) is 4.98 Å². The Labute approximate surface area is 116 Å². The maximum absolute atomic E-state index is 5.75. The molecule has 100 valence electrons. The Morgan fingerprint density at radius 3 is 2.70 bits per heavy atom. The van der Waals surface area contributed by atoms with E-state index in [2.05, 4.69) is 15.3 Å². The highest BCUT2D eigenvalue weighted by atomic mass is 15.1. The number of benzene rings is 2. The second-order valence-electron chi connectivity index (χ2n) is 4.48. The van der Waals surface area contributed by atoms with Gasteiger partial charge in [0.05, 0.1) is 5.52 Å². The number of anilines is 3. The highest BCUT2D eigenvalue weighted by Gasteiger charge is 2.06. The molecule has 20 heavy (non-hydrogen) atoms. The Morgan fingerprint density at radius 2 is 1.85 bits per heavy atom. The van der Waals surface area contributed by atoms with Crippen molar-refractivity contribution in [2.24, 2.45) is 5.73 Å². The molecule has 0 radical (unpaired) electrons. The van der Waals surface area contributed by atoms with E-state index < -0.39 is 0 Å². The zero-order chi connectivity index (χ0) is 13.9. The number of para-hydroxylation sites is 1. The van der Waals surface area contributed by atoms with Gasteiger partial charge in [0.25, 0.3) is 0 Å². The van der Waals surface area contributed by atoms with Gasteiger partial charge in [-0.3, -0.25) is 0 Å². The number of aromatic nitrogens is 2. The maximum atomic E-state index is 5.75. The Morgan fingerprint density at radius 1 is 1.00 bits per heavy atom. The Bertz CT molecular complexity index is 754. The van der Waals surface area contributed by atoms with E-state index in [0.717, 1.165) is 22.2 Å². The van der Waals surface area contributed by atoms with Crippen molar-refractivity contribution in [3.05, 3.63) is 54.1 Å². The van der Waals surface area contributed by atoms with Crippen molar-refractivity contribution in [3.63, 3.8) is 0 Å². The van der Waals surface area contributed by atoms with Gasteiger partial charge in [-0.1, -0.05) is 24.3 Å². The average molecular weight is 265 g/mol. The average Bonchev–Trinajstić information content (AvgIpc) is 2.47. The molecule has 5 heteroatoms. The summed E-state index contributed by atoms with van der Waals surface area (Å²) in [6.45, 7) is 0.502. The second kappa shape index (κ2) is 5.14. The zero-order valence-corrected chi connectivity index (χ0v) is 10.9. The van der Waals surface area contributed by atoms with Gasteiger partial charge < -0.3 is 16.8 Å². The van der Waals surface area contributed by atoms with Crippen molar-refractivity contribution in [1.29, 1.82) is 0 Å². The van der Waals surface area contributed by atoms with Crippen LogP contribution in [0, 0.1) is 0 Å². The van der Waals surface area contributed by atoms with Crippen LogP contribution in [0.4, 0.5) is 17.5 Å². The lowest BCUT2D eigenvalue weighted by atomic mass is 10.2. The number of rotatable bonds is 3. The molecule has 2 aromatic carbocycles. The summed E-state index contributed by atoms with van der Waals surface area (Å²) < 4.78 is 0. The third-order valence-electron chi connectivity index (χ3n) is 3.05. The van der Waals surface area contributed by atoms with E-state index in [0.29, 0.717) is 12.4 Å². The molecular formula is C15H15N5. The van der Waals surface area contributed by atoms with E-state index in [4.69, 9.17) is 11.5 Å². The normalized spacial score (nSPS) is 10.7. The maximum Gasteiger partial charge on any atom is 0.222 e. The molecule has 5 nitrogen and oxygen atoms in total. The van der Waals surface area contributed by atoms with Crippen molar-refractivity contribution >= 4 is 28.4 Å². The number of nitrogens with two attached hydrogens (primary N) is 2. The SMILES string of the molecule is NCc1cccc(Nc2nc(N)nc3ccccc23)c1. The van der Waals surface area contributed by atoms with E-state index in [1.54, 1.807) is 0 Å². The summed E-state index contributed by atoms with van der Waals surface area (Å²) in [5, 5.41) is 4.21. The molecule has 0 aliphatic heterocycles. The summed E-state index contributed by atoms with van der Waals surface area (Å²) in [7, 11) is 0. The lowest BCUT2D eigenvalue weighted by molar-refractivity contribution is 1.07. The van der Waals surface area contributed by atoms with Gasteiger partial charge in [-0.15, -0.1) is 0 Å². The van der Waals surface area contributed by atoms with Crippen LogP contribution in [-0.2, 0) is 6.54 Å². The quantitative estimate of drug-likeness (QED) is 0.676. The number of hydrogen-bond donors (Lipinski definition) is 3. The minimum atomic E-state index is 0.251. The number of nitrogens with zero attached hydrogens (tertiary/aromatic N) is 2. The van der Waals surface area contributed by atoms with Gasteiger partial charge in [0.2, 0.25) is 5.95 Å². The molecule has 0 saturated heterocycles. The van der Waals surface area contributed by atoms with Gasteiger partial charge in [-0.2, -0.15) is 4.98 Å². The molecule has 3 rings (SSSR count). The minimum Gasteiger partial charge on any atom is -0.368 e. The fraction of sp³-hybridized carbons (Fsp3) is 0.0667. The standard InChI is InChI=1S/C15H15N5/c16-9-10-4-3-5-11(8-10)18-14-12-6-1-2-7-13(12)19-15(17)20-14/h1-8H,9,16H2,(H3,17,18,19,20). The van der Waals surface area contributed by atoms with Crippen molar-refractivity contribution in [2.45, 2.75) is 6.54 Å². The summed E-state index contributed by atoms with van der Waals surface area (Å²) in [6, 6.07) is 15.6. The van der Waals surface area contributed by atoms with Crippen molar-refractivity contribution < 1.29 is 0 Å². The highest BCUT2D eigenvalue weighted by Crippen LogP contribution is 2.24. The first-order valence-corrected chi connectivity index (χ1v) is 6.34. The number of fused-ring (bicyclic) bond motifs is 1. The van der Waals surface area contributed by atoms with Crippen molar-refractivity contribution in [2.75, 3.05) is 11.1 Å². The fourth-order valence-corrected chi connectivity index (χ4v) is 2.10. The molecule has 0 saturated carbocycles. The molecule has 0 unspecified atom stereocenters. The summed E-state index contributed by atoms with van der Waals surface area (Å²) in [4.78, 5) is 8.49. The molecule has 3 aromatic rings. The summed E-state index contributed by atoms with van der Waals surface area (Å²) in [5.41, 5.74) is 14.2. The fourth-order valence-electron chi connectivity index (χ4n) is 2.10. The van der Waals surface area contributed by atoms with Crippen LogP contribution in [0.3, 0.4) is 0 Å². The molecule has 0 amide bonds. The van der Waals surface area contributed by atoms with Gasteiger partial charge in [0, 0.05) is 17.6 Å². The molecule has 0 aliphatic carbocycles. The highest BCUT2D eigenvalue weighted by molar-refractivity contribution is 5.91. The number of nitrogen functional groups attached to an aromatic ring is 1. The molecule has 0 bridgehead atoms. The van der Waals surface area contributed by atoms with Crippen LogP contribution in [0.15, 0.2) is 48.5 Å². The lowest BCUT2D eigenvalue weighted by Gasteiger charge is -2.10. The molecular weight excluding hydrogens is 250 g/mol. The summed E-state index contributed by atoms with van der Waals surface area (Å²) in [6.07, 6.45) is 0. The predicted octanol–water partition coefficient (Wildman–Crippen LogP) is 2.41. The van der Waals surface area contributed by atoms with Crippen LogP contribution in [0.5, 0.6) is 0 Å². The monoisotopic (exact) mass is 265 g/mol. The van der Waals surface area contributed by atoms with Crippen LogP contribution >= 0.6 is 0 Å². The lowest BCUT2D eigenvalue weighted by Crippen LogP contribution is -2.02. The number of nitrogens with one attached hydrogen (secondary N) is 1. The van der Waals surface area contributed by atoms with E-state index in [1.165, 1.54) is 0 Å². The molecule has 0 spiro atoms. The first kappa shape index (κ1) is 12.4. The van der Waals surface area contributed by atoms with Gasteiger partial charge in [0.15, 0.2) is 0 Å². The molecule has 1 heterocycles. The van der Waals surface area contributed by atoms with Crippen LogP contribution < -0.4 is 16.8 Å². The Hall–Kier alpha value is -2.66. The Kier molecular flexibility index (Phi) is 3.18. The van der Waals surface area contributed by atoms with E-state index in [-0.39, 0.29) is 5.95 Å². The van der Waals surface area contributed by atoms with Gasteiger partial charge in [0.1, 0.15) is 5.82 Å². The van der Waals surface area contributed by atoms with Crippen LogP contribution in [0.25, 0.3) is 10.9 Å². The summed E-state index contributed by atoms with van der Waals surface area (Å²) >= 11 is 0. The first-order chi connectivity index (χ1) is 9.76. The van der Waals surface area contributed by atoms with Crippen molar-refractivity contribution in [3.8, 4) is 0 Å². The largest absolute Gasteiger partial charge is 0.368 e. The van der Waals surface area contributed by atoms with E-state index in [9.17, 15) is 0 Å². The molecule has 0 fully saturated rings. The minimum absolute atomic E-state index is 0.251. The van der Waals surface area contributed by atoms with Crippen LogP contribution in [0.1, 0.15) is 5.56 Å². The summed E-state index contributed by atoms with van der Waals surface area (Å²) in [5.74, 6) is 0.948. The van der Waals surface area contributed by atoms with E-state index in [1.807, 2.05) is 48.5 Å². The third-order valence-corrected chi connectivity index (χ3v) is 3.05. The number of hydrogen-bond acceptors (Lipinski definition) is 5. The molecule has 0 atom stereocenters. The topological polar surface area (TPSA) is 89.8 Å².